The molecule has 31 heavy (non-hydrogen) atoms. The molecule has 6 rings (SSSR count). The van der Waals surface area contributed by atoms with Crippen molar-refractivity contribution in [2.75, 3.05) is 16.3 Å². The summed E-state index contributed by atoms with van der Waals surface area (Å²) in [4.78, 5) is 41.1. The van der Waals surface area contributed by atoms with E-state index < -0.39 is 29.0 Å². The number of amides is 3. The summed E-state index contributed by atoms with van der Waals surface area (Å²) in [5.41, 5.74) is -0.935. The Morgan fingerprint density at radius 3 is 2.39 bits per heavy atom. The van der Waals surface area contributed by atoms with Gasteiger partial charge in [-0.1, -0.05) is 6.42 Å². The summed E-state index contributed by atoms with van der Waals surface area (Å²) in [5.74, 6) is -2.57. The number of nitrogens with zero attached hydrogens (tertiary/aromatic N) is 2. The van der Waals surface area contributed by atoms with Crippen LogP contribution < -0.4 is 14.5 Å². The van der Waals surface area contributed by atoms with Gasteiger partial charge in [-0.25, -0.2) is 13.7 Å². The number of rotatable bonds is 3. The second kappa shape index (κ2) is 6.12. The zero-order valence-corrected chi connectivity index (χ0v) is 16.5. The number of halogens is 2. The maximum Gasteiger partial charge on any atom is 0.271 e. The van der Waals surface area contributed by atoms with Gasteiger partial charge < -0.3 is 9.64 Å². The van der Waals surface area contributed by atoms with Crippen molar-refractivity contribution in [2.24, 2.45) is 5.92 Å². The van der Waals surface area contributed by atoms with Crippen LogP contribution in [0.2, 0.25) is 0 Å². The normalized spacial score (nSPS) is 21.2. The monoisotopic (exact) mass is 424 g/mol. The molecule has 3 amide bonds. The molecular weight excluding hydrogens is 406 g/mol. The molecule has 2 saturated carbocycles. The third-order valence-corrected chi connectivity index (χ3v) is 6.72. The lowest BCUT2D eigenvalue weighted by Crippen LogP contribution is -2.50. The molecule has 2 aromatic rings. The number of benzene rings is 2. The van der Waals surface area contributed by atoms with Crippen molar-refractivity contribution in [3.63, 3.8) is 0 Å². The Morgan fingerprint density at radius 2 is 1.71 bits per heavy atom. The Balaban J connectivity index is 1.44. The van der Waals surface area contributed by atoms with Crippen LogP contribution in [0.5, 0.6) is 5.75 Å². The van der Waals surface area contributed by atoms with Crippen molar-refractivity contribution in [1.29, 1.82) is 0 Å². The quantitative estimate of drug-likeness (QED) is 0.703. The molecule has 0 aromatic heterocycles. The van der Waals surface area contributed by atoms with Crippen LogP contribution in [0.15, 0.2) is 30.3 Å². The number of carbonyl (C=O) groups is 3. The lowest BCUT2D eigenvalue weighted by molar-refractivity contribution is -0.128. The van der Waals surface area contributed by atoms with Crippen molar-refractivity contribution in [1.82, 2.24) is 0 Å². The Bertz CT molecular complexity index is 1190. The first-order chi connectivity index (χ1) is 14.9. The molecule has 0 atom stereocenters. The van der Waals surface area contributed by atoms with Gasteiger partial charge >= 0.3 is 0 Å². The molecule has 2 aliphatic carbocycles. The second-order valence-corrected chi connectivity index (χ2v) is 8.72. The van der Waals surface area contributed by atoms with E-state index in [0.29, 0.717) is 35.9 Å². The van der Waals surface area contributed by atoms with Gasteiger partial charge in [0.05, 0.1) is 22.5 Å². The van der Waals surface area contributed by atoms with E-state index in [1.165, 1.54) is 12.1 Å². The molecule has 0 radical (unpaired) electrons. The summed E-state index contributed by atoms with van der Waals surface area (Å²) >= 11 is 0. The van der Waals surface area contributed by atoms with E-state index >= 15 is 4.39 Å². The highest BCUT2D eigenvalue weighted by molar-refractivity contribution is 6.34. The number of ether oxygens (including phenoxy) is 1. The van der Waals surface area contributed by atoms with E-state index in [1.54, 1.807) is 4.90 Å². The summed E-state index contributed by atoms with van der Waals surface area (Å²) in [6.07, 6.45) is 4.32. The smallest absolute Gasteiger partial charge is 0.271 e. The average molecular weight is 424 g/mol. The number of carbonyl (C=O) groups excluding carboxylic acids is 3. The van der Waals surface area contributed by atoms with Crippen molar-refractivity contribution in [3.05, 3.63) is 53.1 Å². The Hall–Kier alpha value is -3.29. The molecule has 2 aromatic carbocycles. The number of fused-ring (bicyclic) bond motifs is 2. The Labute approximate surface area is 176 Å². The van der Waals surface area contributed by atoms with Gasteiger partial charge in [0.25, 0.3) is 17.7 Å². The average Bonchev–Trinajstić information content (AvgIpc) is 3.43. The molecule has 8 heteroatoms. The number of anilines is 2. The highest BCUT2D eigenvalue weighted by Crippen LogP contribution is 2.51. The standard InChI is InChI=1S/C23H18F2N2O4/c24-13-4-5-14-15(8-13)21(29)27(20(14)28)17-10-18-19(9-16(17)25)31-23(6-7-23)22(30)26(18)11-12-2-1-3-12/h4-5,8-10,12H,1-3,6-7,11H2. The van der Waals surface area contributed by atoms with Gasteiger partial charge in [0.1, 0.15) is 11.6 Å². The van der Waals surface area contributed by atoms with Gasteiger partial charge in [-0.05, 0) is 43.0 Å². The maximum atomic E-state index is 15.1. The molecule has 0 saturated heterocycles. The van der Waals surface area contributed by atoms with Gasteiger partial charge in [-0.3, -0.25) is 14.4 Å². The van der Waals surface area contributed by atoms with Crippen LogP contribution in [0.3, 0.4) is 0 Å². The molecule has 2 heterocycles. The third-order valence-electron chi connectivity index (χ3n) is 6.72. The first-order valence-electron chi connectivity index (χ1n) is 10.4. The highest BCUT2D eigenvalue weighted by Gasteiger charge is 2.58. The summed E-state index contributed by atoms with van der Waals surface area (Å²) in [5, 5.41) is 0. The van der Waals surface area contributed by atoms with Crippen LogP contribution in [0.25, 0.3) is 0 Å². The fourth-order valence-electron chi connectivity index (χ4n) is 4.58. The molecule has 2 fully saturated rings. The summed E-state index contributed by atoms with van der Waals surface area (Å²) in [6.45, 7) is 0.495. The first-order valence-corrected chi connectivity index (χ1v) is 10.4. The van der Waals surface area contributed by atoms with Crippen molar-refractivity contribution in [2.45, 2.75) is 37.7 Å². The van der Waals surface area contributed by atoms with Crippen molar-refractivity contribution in [3.8, 4) is 5.75 Å². The lowest BCUT2D eigenvalue weighted by Gasteiger charge is -2.39. The van der Waals surface area contributed by atoms with E-state index in [1.807, 2.05) is 0 Å². The minimum Gasteiger partial charge on any atom is -0.475 e. The zero-order chi connectivity index (χ0) is 21.5. The van der Waals surface area contributed by atoms with E-state index in [0.717, 1.165) is 37.5 Å². The Kier molecular flexibility index (Phi) is 3.65. The third kappa shape index (κ3) is 2.57. The minimum atomic E-state index is -0.919. The van der Waals surface area contributed by atoms with Gasteiger partial charge in [-0.15, -0.1) is 0 Å². The first kappa shape index (κ1) is 18.5. The molecule has 158 valence electrons. The molecule has 0 bridgehead atoms. The van der Waals surface area contributed by atoms with E-state index in [4.69, 9.17) is 4.74 Å². The van der Waals surface area contributed by atoms with Gasteiger partial charge in [0.15, 0.2) is 11.4 Å². The van der Waals surface area contributed by atoms with Gasteiger partial charge in [-0.2, -0.15) is 0 Å². The van der Waals surface area contributed by atoms with Crippen molar-refractivity contribution < 1.29 is 27.9 Å². The van der Waals surface area contributed by atoms with Crippen LogP contribution in [0.1, 0.15) is 52.8 Å². The predicted octanol–water partition coefficient (Wildman–Crippen LogP) is 3.82. The molecule has 4 aliphatic rings. The number of imide groups is 1. The maximum absolute atomic E-state index is 15.1. The molecule has 1 spiro atoms. The van der Waals surface area contributed by atoms with E-state index in [-0.39, 0.29) is 28.5 Å². The van der Waals surface area contributed by atoms with Crippen LogP contribution in [-0.4, -0.2) is 29.9 Å². The fraction of sp³-hybridized carbons (Fsp3) is 0.348. The highest BCUT2D eigenvalue weighted by atomic mass is 19.1. The largest absolute Gasteiger partial charge is 0.475 e. The van der Waals surface area contributed by atoms with Crippen molar-refractivity contribution >= 4 is 29.1 Å². The lowest BCUT2D eigenvalue weighted by atomic mass is 9.84. The second-order valence-electron chi connectivity index (χ2n) is 8.72. The van der Waals surface area contributed by atoms with Crippen LogP contribution in [0.4, 0.5) is 20.2 Å². The minimum absolute atomic E-state index is 0.0131. The molecule has 6 nitrogen and oxygen atoms in total. The Morgan fingerprint density at radius 1 is 0.968 bits per heavy atom. The summed E-state index contributed by atoms with van der Waals surface area (Å²) in [7, 11) is 0. The van der Waals surface area contributed by atoms with E-state index in [9.17, 15) is 18.8 Å². The van der Waals surface area contributed by atoms with Crippen LogP contribution in [0, 0.1) is 17.6 Å². The molecule has 0 unspecified atom stereocenters. The summed E-state index contributed by atoms with van der Waals surface area (Å²) < 4.78 is 34.6. The number of hydrogen-bond donors (Lipinski definition) is 0. The predicted molar refractivity (Wildman–Crippen MR) is 106 cm³/mol. The van der Waals surface area contributed by atoms with Crippen LogP contribution in [-0.2, 0) is 4.79 Å². The summed E-state index contributed by atoms with van der Waals surface area (Å²) in [6, 6.07) is 5.73. The zero-order valence-electron chi connectivity index (χ0n) is 16.5. The van der Waals surface area contributed by atoms with Gasteiger partial charge in [0, 0.05) is 25.5 Å². The fourth-order valence-corrected chi connectivity index (χ4v) is 4.58. The van der Waals surface area contributed by atoms with Gasteiger partial charge in [0.2, 0.25) is 0 Å². The molecular formula is C23H18F2N2O4. The SMILES string of the molecule is O=C1c2ccc(F)cc2C(=O)N1c1cc2c(cc1F)OC1(CC1)C(=O)N2CC1CCC1. The van der Waals surface area contributed by atoms with Crippen LogP contribution >= 0.6 is 0 Å². The molecule has 2 aliphatic heterocycles. The van der Waals surface area contributed by atoms with E-state index in [2.05, 4.69) is 0 Å². The molecule has 0 N–H and O–H groups in total. The topological polar surface area (TPSA) is 66.9 Å². The number of hydrogen-bond acceptors (Lipinski definition) is 4.